The first-order chi connectivity index (χ1) is 4.09. The van der Waals surface area contributed by atoms with Crippen LogP contribution in [-0.4, -0.2) is 16.4 Å². The van der Waals surface area contributed by atoms with Gasteiger partial charge in [-0.25, -0.2) is 5.01 Å². The Hall–Kier alpha value is -0.250. The molecule has 0 aromatic carbocycles. The third-order valence-corrected chi connectivity index (χ3v) is 1.24. The van der Waals surface area contributed by atoms with Gasteiger partial charge in [0.1, 0.15) is 0 Å². The second-order valence-electron chi connectivity index (χ2n) is 2.19. The van der Waals surface area contributed by atoms with Crippen molar-refractivity contribution >= 4 is 12.6 Å². The van der Waals surface area contributed by atoms with E-state index >= 15 is 0 Å². The molecule has 0 heterocycles. The molecule has 0 saturated carbocycles. The Kier molecular flexibility index (Phi) is 3.61. The third-order valence-electron chi connectivity index (χ3n) is 1.01. The first kappa shape index (κ1) is 8.75. The van der Waals surface area contributed by atoms with Crippen LogP contribution in [-0.2, 0) is 0 Å². The lowest BCUT2D eigenvalue weighted by atomic mass is 10.4. The predicted molar refractivity (Wildman–Crippen MR) is 41.2 cm³/mol. The van der Waals surface area contributed by atoms with Crippen LogP contribution >= 0.6 is 12.6 Å². The third kappa shape index (κ3) is 2.70. The van der Waals surface area contributed by atoms with Crippen molar-refractivity contribution in [2.75, 3.05) is 0 Å². The minimum absolute atomic E-state index is 0.0949. The number of nitrogens with zero attached hydrogens (tertiary/aromatic N) is 2. The van der Waals surface area contributed by atoms with E-state index in [1.165, 1.54) is 5.01 Å². The molecule has 0 saturated heterocycles. The van der Waals surface area contributed by atoms with E-state index in [4.69, 9.17) is 0 Å². The summed E-state index contributed by atoms with van der Waals surface area (Å²) < 4.78 is 0. The SMILES string of the molecule is CC(C)N(N=O)C(C)S. The van der Waals surface area contributed by atoms with Gasteiger partial charge in [0.2, 0.25) is 0 Å². The van der Waals surface area contributed by atoms with Crippen LogP contribution in [0, 0.1) is 4.91 Å². The summed E-state index contributed by atoms with van der Waals surface area (Å²) in [5.41, 5.74) is 0. The minimum Gasteiger partial charge on any atom is -0.246 e. The Balaban J connectivity index is 3.82. The van der Waals surface area contributed by atoms with E-state index in [2.05, 4.69) is 17.9 Å². The molecule has 54 valence electrons. The molecule has 0 aliphatic heterocycles. The molecule has 0 amide bonds. The zero-order valence-electron chi connectivity index (χ0n) is 5.90. The van der Waals surface area contributed by atoms with Gasteiger partial charge < -0.3 is 0 Å². The van der Waals surface area contributed by atoms with E-state index in [-0.39, 0.29) is 11.4 Å². The summed E-state index contributed by atoms with van der Waals surface area (Å²) in [6.07, 6.45) is 0. The summed E-state index contributed by atoms with van der Waals surface area (Å²) >= 11 is 4.04. The van der Waals surface area contributed by atoms with E-state index in [1.54, 1.807) is 0 Å². The molecule has 1 unspecified atom stereocenters. The van der Waals surface area contributed by atoms with Crippen molar-refractivity contribution in [1.29, 1.82) is 0 Å². The Morgan fingerprint density at radius 1 is 1.44 bits per heavy atom. The summed E-state index contributed by atoms with van der Waals surface area (Å²) in [4.78, 5) is 10.0. The summed E-state index contributed by atoms with van der Waals surface area (Å²) in [5.74, 6) is 0. The Morgan fingerprint density at radius 3 is 1.89 bits per heavy atom. The molecule has 0 fully saturated rings. The van der Waals surface area contributed by atoms with Crippen LogP contribution in [0.15, 0.2) is 5.29 Å². The van der Waals surface area contributed by atoms with Gasteiger partial charge in [0.15, 0.2) is 0 Å². The minimum atomic E-state index is -0.0949. The molecule has 3 nitrogen and oxygen atoms in total. The lowest BCUT2D eigenvalue weighted by molar-refractivity contribution is 0.223. The Bertz CT molecular complexity index is 87.0. The van der Waals surface area contributed by atoms with Crippen molar-refractivity contribution in [1.82, 2.24) is 5.01 Å². The lowest BCUT2D eigenvalue weighted by Crippen LogP contribution is -2.29. The van der Waals surface area contributed by atoms with Crippen molar-refractivity contribution in [2.24, 2.45) is 5.29 Å². The van der Waals surface area contributed by atoms with Crippen LogP contribution in [0.25, 0.3) is 0 Å². The zero-order valence-corrected chi connectivity index (χ0v) is 6.80. The topological polar surface area (TPSA) is 32.7 Å². The van der Waals surface area contributed by atoms with Gasteiger partial charge in [0, 0.05) is 6.04 Å². The second-order valence-corrected chi connectivity index (χ2v) is 2.93. The fourth-order valence-electron chi connectivity index (χ4n) is 0.594. The molecule has 0 aromatic heterocycles. The molecule has 0 aromatic rings. The molecule has 9 heavy (non-hydrogen) atoms. The van der Waals surface area contributed by atoms with Crippen molar-refractivity contribution in [3.63, 3.8) is 0 Å². The lowest BCUT2D eigenvalue weighted by Gasteiger charge is -2.22. The normalized spacial score (nSPS) is 13.4. The van der Waals surface area contributed by atoms with Crippen molar-refractivity contribution in [3.05, 3.63) is 4.91 Å². The average molecular weight is 148 g/mol. The zero-order chi connectivity index (χ0) is 7.44. The predicted octanol–water partition coefficient (Wildman–Crippen LogP) is 1.65. The van der Waals surface area contributed by atoms with Crippen LogP contribution in [0.4, 0.5) is 0 Å². The molecule has 0 aliphatic carbocycles. The number of hydrogen-bond donors (Lipinski definition) is 1. The smallest absolute Gasteiger partial charge is 0.0900 e. The standard InChI is InChI=1S/C5H12N2OS/c1-4(2)7(6-8)5(3)9/h4-5,9H,1-3H3. The monoisotopic (exact) mass is 148 g/mol. The largest absolute Gasteiger partial charge is 0.246 e. The van der Waals surface area contributed by atoms with Gasteiger partial charge in [0.25, 0.3) is 0 Å². The van der Waals surface area contributed by atoms with Crippen molar-refractivity contribution in [3.8, 4) is 0 Å². The molecular formula is C5H12N2OS. The fourth-order valence-corrected chi connectivity index (χ4v) is 0.903. The van der Waals surface area contributed by atoms with Crippen LogP contribution in [0.3, 0.4) is 0 Å². The first-order valence-corrected chi connectivity index (χ1v) is 3.41. The molecule has 0 spiro atoms. The summed E-state index contributed by atoms with van der Waals surface area (Å²) in [7, 11) is 0. The highest BCUT2D eigenvalue weighted by Gasteiger charge is 2.11. The van der Waals surface area contributed by atoms with Crippen molar-refractivity contribution < 1.29 is 0 Å². The molecule has 4 heteroatoms. The number of rotatable bonds is 3. The van der Waals surface area contributed by atoms with Crippen LogP contribution < -0.4 is 0 Å². The highest BCUT2D eigenvalue weighted by atomic mass is 32.1. The maximum atomic E-state index is 10.0. The van der Waals surface area contributed by atoms with Gasteiger partial charge in [-0.2, -0.15) is 12.6 Å². The van der Waals surface area contributed by atoms with Gasteiger partial charge >= 0.3 is 0 Å². The second kappa shape index (κ2) is 3.71. The van der Waals surface area contributed by atoms with E-state index in [0.717, 1.165) is 0 Å². The molecule has 1 atom stereocenters. The number of hydrogen-bond acceptors (Lipinski definition) is 3. The van der Waals surface area contributed by atoms with Crippen LogP contribution in [0.1, 0.15) is 20.8 Å². The number of thiol groups is 1. The van der Waals surface area contributed by atoms with E-state index in [9.17, 15) is 4.91 Å². The van der Waals surface area contributed by atoms with Gasteiger partial charge in [-0.1, -0.05) is 0 Å². The van der Waals surface area contributed by atoms with Crippen LogP contribution in [0.5, 0.6) is 0 Å². The van der Waals surface area contributed by atoms with Gasteiger partial charge in [-0.3, -0.25) is 0 Å². The van der Waals surface area contributed by atoms with Gasteiger partial charge in [-0.05, 0) is 20.8 Å². The quantitative estimate of drug-likeness (QED) is 0.286. The molecule has 0 aliphatic rings. The van der Waals surface area contributed by atoms with Gasteiger partial charge in [-0.15, -0.1) is 4.91 Å². The van der Waals surface area contributed by atoms with Crippen molar-refractivity contribution in [2.45, 2.75) is 32.2 Å². The molecule has 0 radical (unpaired) electrons. The maximum absolute atomic E-state index is 10.0. The van der Waals surface area contributed by atoms with E-state index in [0.29, 0.717) is 0 Å². The van der Waals surface area contributed by atoms with Crippen LogP contribution in [0.2, 0.25) is 0 Å². The number of nitroso groups, excluding NO2 is 1. The summed E-state index contributed by atoms with van der Waals surface area (Å²) in [6, 6.07) is 0.134. The Morgan fingerprint density at radius 2 is 1.89 bits per heavy atom. The molecule has 0 rings (SSSR count). The van der Waals surface area contributed by atoms with E-state index < -0.39 is 0 Å². The summed E-state index contributed by atoms with van der Waals surface area (Å²) in [6.45, 7) is 5.60. The Labute approximate surface area is 60.8 Å². The summed E-state index contributed by atoms with van der Waals surface area (Å²) in [5, 5.41) is 4.09. The highest BCUT2D eigenvalue weighted by Crippen LogP contribution is 2.07. The molecule has 0 bridgehead atoms. The first-order valence-electron chi connectivity index (χ1n) is 2.89. The molecule has 0 N–H and O–H groups in total. The average Bonchev–Trinajstić information content (AvgIpc) is 1.64. The molecular weight excluding hydrogens is 136 g/mol. The van der Waals surface area contributed by atoms with Gasteiger partial charge in [0.05, 0.1) is 10.7 Å². The fraction of sp³-hybridized carbons (Fsp3) is 1.00. The van der Waals surface area contributed by atoms with E-state index in [1.807, 2.05) is 20.8 Å². The maximum Gasteiger partial charge on any atom is 0.0900 e. The highest BCUT2D eigenvalue weighted by molar-refractivity contribution is 7.80.